The average Bonchev–Trinajstić information content (AvgIpc) is 3.38. The molecule has 2 fully saturated rings. The summed E-state index contributed by atoms with van der Waals surface area (Å²) in [6.45, 7) is 0.252. The number of anilines is 1. The van der Waals surface area contributed by atoms with E-state index in [-0.39, 0.29) is 53.3 Å². The summed E-state index contributed by atoms with van der Waals surface area (Å²) in [4.78, 5) is 11.6. The van der Waals surface area contributed by atoms with Crippen LogP contribution in [0.1, 0.15) is 5.56 Å². The molecule has 8 nitrogen and oxygen atoms in total. The van der Waals surface area contributed by atoms with E-state index in [0.29, 0.717) is 11.2 Å². The number of halogens is 4. The number of nitrogens with one attached hydrogen (secondary N) is 2. The Morgan fingerprint density at radius 3 is 2.65 bits per heavy atom. The maximum absolute atomic E-state index is 14.0. The first-order valence-corrected chi connectivity index (χ1v) is 10.2. The molecule has 0 saturated carbocycles. The first-order chi connectivity index (χ1) is 14.9. The zero-order chi connectivity index (χ0) is 21.7. The number of ether oxygens (including phenoxy) is 3. The Bertz CT molecular complexity index is 1120. The summed E-state index contributed by atoms with van der Waals surface area (Å²) >= 11 is 11.9. The van der Waals surface area contributed by atoms with Crippen molar-refractivity contribution in [1.29, 1.82) is 0 Å². The number of pyridine rings is 1. The summed E-state index contributed by atoms with van der Waals surface area (Å²) < 4.78 is 44.9. The summed E-state index contributed by atoms with van der Waals surface area (Å²) in [5.74, 6) is -1.35. The highest BCUT2D eigenvalue weighted by Gasteiger charge is 2.48. The predicted molar refractivity (Wildman–Crippen MR) is 107 cm³/mol. The van der Waals surface area contributed by atoms with E-state index in [1.54, 1.807) is 6.07 Å². The van der Waals surface area contributed by atoms with Crippen molar-refractivity contribution in [2.75, 3.05) is 18.5 Å². The summed E-state index contributed by atoms with van der Waals surface area (Å²) in [7, 11) is 0. The third-order valence-electron chi connectivity index (χ3n) is 5.19. The monoisotopic (exact) mass is 472 g/mol. The maximum atomic E-state index is 14.0. The molecule has 164 valence electrons. The van der Waals surface area contributed by atoms with Gasteiger partial charge in [0.15, 0.2) is 11.8 Å². The maximum Gasteiger partial charge on any atom is 0.296 e. The molecule has 2 aliphatic rings. The molecule has 2 aliphatic heterocycles. The van der Waals surface area contributed by atoms with Gasteiger partial charge in [-0.2, -0.15) is 4.98 Å². The standard InChI is InChI=1S/C19H16Cl2F2N4O4/c20-7-1-10(22)8(11(23)2-7)4-24-17-9(21)3-12-18(26-17)27-19(25-12)31-14-6-30-15-13(28)5-29-16(14)15/h1-3,13-16,28H,4-6H2,(H2,24,25,26,27)/t13-,14-,15-,16-/m1/s1. The van der Waals surface area contributed by atoms with E-state index in [0.717, 1.165) is 12.1 Å². The molecule has 12 heteroatoms. The molecule has 0 amide bonds. The fourth-order valence-corrected chi connectivity index (χ4v) is 4.09. The topological polar surface area (TPSA) is 102 Å². The van der Waals surface area contributed by atoms with Crippen LogP contribution in [-0.4, -0.2) is 57.7 Å². The molecular formula is C19H16Cl2F2N4O4. The van der Waals surface area contributed by atoms with Gasteiger partial charge in [0.1, 0.15) is 35.8 Å². The largest absolute Gasteiger partial charge is 0.456 e. The number of hydrogen-bond donors (Lipinski definition) is 3. The van der Waals surface area contributed by atoms with Crippen molar-refractivity contribution in [2.24, 2.45) is 0 Å². The van der Waals surface area contributed by atoms with Crippen molar-refractivity contribution in [3.8, 4) is 6.01 Å². The summed E-state index contributed by atoms with van der Waals surface area (Å²) in [5, 5.41) is 12.8. The van der Waals surface area contributed by atoms with Gasteiger partial charge in [-0.3, -0.25) is 0 Å². The van der Waals surface area contributed by atoms with E-state index in [1.165, 1.54) is 0 Å². The van der Waals surface area contributed by atoms with Gasteiger partial charge in [0.25, 0.3) is 6.01 Å². The fourth-order valence-electron chi connectivity index (χ4n) is 3.68. The number of aromatic nitrogens is 3. The van der Waals surface area contributed by atoms with Crippen LogP contribution in [0.4, 0.5) is 14.6 Å². The van der Waals surface area contributed by atoms with E-state index >= 15 is 0 Å². The molecule has 0 unspecified atom stereocenters. The van der Waals surface area contributed by atoms with E-state index < -0.39 is 29.9 Å². The van der Waals surface area contributed by atoms with Crippen LogP contribution in [0.5, 0.6) is 6.01 Å². The summed E-state index contributed by atoms with van der Waals surface area (Å²) in [6.07, 6.45) is -1.93. The van der Waals surface area contributed by atoms with Gasteiger partial charge in [0.05, 0.1) is 23.8 Å². The average molecular weight is 473 g/mol. The molecule has 3 aromatic rings. The number of aliphatic hydroxyl groups is 1. The van der Waals surface area contributed by atoms with Crippen LogP contribution < -0.4 is 10.1 Å². The Kier molecular flexibility index (Phi) is 5.35. The smallest absolute Gasteiger partial charge is 0.296 e. The number of H-pyrrole nitrogens is 1. The lowest BCUT2D eigenvalue weighted by molar-refractivity contribution is 0.00706. The van der Waals surface area contributed by atoms with E-state index in [2.05, 4.69) is 20.3 Å². The van der Waals surface area contributed by atoms with Crippen molar-refractivity contribution < 1.29 is 28.1 Å². The molecule has 0 bridgehead atoms. The molecule has 0 spiro atoms. The number of imidazole rings is 1. The van der Waals surface area contributed by atoms with Crippen molar-refractivity contribution in [3.05, 3.63) is 45.4 Å². The predicted octanol–water partition coefficient (Wildman–Crippen LogP) is 3.06. The lowest BCUT2D eigenvalue weighted by Crippen LogP contribution is -2.34. The van der Waals surface area contributed by atoms with Crippen LogP contribution in [0.25, 0.3) is 11.2 Å². The molecule has 4 atom stereocenters. The summed E-state index contributed by atoms with van der Waals surface area (Å²) in [6, 6.07) is 3.82. The van der Waals surface area contributed by atoms with Gasteiger partial charge in [-0.25, -0.2) is 13.8 Å². The molecule has 2 aromatic heterocycles. The highest BCUT2D eigenvalue weighted by molar-refractivity contribution is 6.33. The third kappa shape index (κ3) is 3.90. The molecule has 4 heterocycles. The summed E-state index contributed by atoms with van der Waals surface area (Å²) in [5.41, 5.74) is 0.613. The van der Waals surface area contributed by atoms with Crippen molar-refractivity contribution in [2.45, 2.75) is 31.0 Å². The second kappa shape index (κ2) is 8.03. The van der Waals surface area contributed by atoms with Crippen LogP contribution in [-0.2, 0) is 16.0 Å². The molecule has 1 aromatic carbocycles. The van der Waals surface area contributed by atoms with Gasteiger partial charge < -0.3 is 29.6 Å². The second-order valence-corrected chi connectivity index (χ2v) is 8.10. The number of fused-ring (bicyclic) bond motifs is 2. The second-order valence-electron chi connectivity index (χ2n) is 7.25. The molecular weight excluding hydrogens is 457 g/mol. The lowest BCUT2D eigenvalue weighted by Gasteiger charge is -2.15. The van der Waals surface area contributed by atoms with E-state index in [4.69, 9.17) is 37.4 Å². The SMILES string of the molecule is O[C@@H]1CO[C@H]2[C@@H]1OC[C@H]2Oc1nc2nc(NCc3c(F)cc(Cl)cc3F)c(Cl)cc2[nH]1. The van der Waals surface area contributed by atoms with Gasteiger partial charge in [-0.15, -0.1) is 0 Å². The van der Waals surface area contributed by atoms with Crippen molar-refractivity contribution in [3.63, 3.8) is 0 Å². The van der Waals surface area contributed by atoms with Gasteiger partial charge >= 0.3 is 0 Å². The van der Waals surface area contributed by atoms with E-state index in [9.17, 15) is 13.9 Å². The minimum atomic E-state index is -0.776. The Balaban J connectivity index is 1.33. The molecule has 2 saturated heterocycles. The number of aromatic amines is 1. The van der Waals surface area contributed by atoms with Crippen LogP contribution in [0.15, 0.2) is 18.2 Å². The normalized spacial score (nSPS) is 25.2. The van der Waals surface area contributed by atoms with Gasteiger partial charge in [0, 0.05) is 17.1 Å². The van der Waals surface area contributed by atoms with Gasteiger partial charge in [0.2, 0.25) is 0 Å². The number of aliphatic hydroxyl groups excluding tert-OH is 1. The Hall–Kier alpha value is -2.24. The van der Waals surface area contributed by atoms with Crippen LogP contribution in [0, 0.1) is 11.6 Å². The third-order valence-corrected chi connectivity index (χ3v) is 5.69. The molecule has 0 aliphatic carbocycles. The number of hydrogen-bond acceptors (Lipinski definition) is 7. The Morgan fingerprint density at radius 1 is 1.13 bits per heavy atom. The Morgan fingerprint density at radius 2 is 1.87 bits per heavy atom. The zero-order valence-corrected chi connectivity index (χ0v) is 17.3. The molecule has 31 heavy (non-hydrogen) atoms. The number of benzene rings is 1. The molecule has 0 radical (unpaired) electrons. The van der Waals surface area contributed by atoms with Crippen LogP contribution >= 0.6 is 23.2 Å². The molecule has 3 N–H and O–H groups in total. The van der Waals surface area contributed by atoms with E-state index in [1.807, 2.05) is 0 Å². The van der Waals surface area contributed by atoms with Crippen LogP contribution in [0.2, 0.25) is 10.0 Å². The lowest BCUT2D eigenvalue weighted by atomic mass is 10.1. The van der Waals surface area contributed by atoms with Crippen LogP contribution in [0.3, 0.4) is 0 Å². The van der Waals surface area contributed by atoms with Crippen molar-refractivity contribution >= 4 is 40.2 Å². The highest BCUT2D eigenvalue weighted by Crippen LogP contribution is 2.31. The Labute approximate surface area is 184 Å². The first kappa shape index (κ1) is 20.7. The minimum absolute atomic E-state index is 0.0307. The fraction of sp³-hybridized carbons (Fsp3) is 0.368. The number of rotatable bonds is 5. The minimum Gasteiger partial charge on any atom is -0.456 e. The quantitative estimate of drug-likeness (QED) is 0.524. The molecule has 5 rings (SSSR count). The van der Waals surface area contributed by atoms with Crippen molar-refractivity contribution in [1.82, 2.24) is 15.0 Å². The highest BCUT2D eigenvalue weighted by atomic mass is 35.5. The van der Waals surface area contributed by atoms with Gasteiger partial charge in [-0.05, 0) is 18.2 Å². The number of nitrogens with zero attached hydrogens (tertiary/aromatic N) is 2. The van der Waals surface area contributed by atoms with Gasteiger partial charge in [-0.1, -0.05) is 23.2 Å². The zero-order valence-electron chi connectivity index (χ0n) is 15.7. The first-order valence-electron chi connectivity index (χ1n) is 9.40.